The van der Waals surface area contributed by atoms with Gasteiger partial charge in [0, 0.05) is 37.1 Å². The molecule has 1 aromatic carbocycles. The molecule has 4 rings (SSSR count). The van der Waals surface area contributed by atoms with Crippen LogP contribution in [0.5, 0.6) is 0 Å². The van der Waals surface area contributed by atoms with Crippen LogP contribution in [0.25, 0.3) is 10.6 Å². The highest BCUT2D eigenvalue weighted by Gasteiger charge is 2.30. The minimum Gasteiger partial charge on any atom is -0.336 e. The molecule has 28 heavy (non-hydrogen) atoms. The van der Waals surface area contributed by atoms with E-state index in [0.29, 0.717) is 31.7 Å². The average molecular weight is 418 g/mol. The van der Waals surface area contributed by atoms with Gasteiger partial charge in [0.05, 0.1) is 12.5 Å². The summed E-state index contributed by atoms with van der Waals surface area (Å²) in [4.78, 5) is 25.4. The van der Waals surface area contributed by atoms with Crippen molar-refractivity contribution in [3.63, 3.8) is 0 Å². The molecule has 1 saturated heterocycles. The number of hydrogen-bond donors (Lipinski definition) is 1. The zero-order valence-electron chi connectivity index (χ0n) is 15.0. The Bertz CT molecular complexity index is 1050. The van der Waals surface area contributed by atoms with Gasteiger partial charge in [0.2, 0.25) is 0 Å². The van der Waals surface area contributed by atoms with Crippen molar-refractivity contribution in [3.8, 4) is 10.6 Å². The van der Waals surface area contributed by atoms with Crippen LogP contribution >= 0.6 is 11.3 Å². The van der Waals surface area contributed by atoms with Crippen molar-refractivity contribution in [1.82, 2.24) is 24.2 Å². The van der Waals surface area contributed by atoms with Crippen LogP contribution in [0.1, 0.15) is 16.9 Å². The molecule has 8 nitrogen and oxygen atoms in total. The summed E-state index contributed by atoms with van der Waals surface area (Å²) in [6.45, 7) is 1.41. The molecule has 0 radical (unpaired) electrons. The monoisotopic (exact) mass is 417 g/mol. The van der Waals surface area contributed by atoms with Gasteiger partial charge in [-0.2, -0.15) is 4.31 Å². The van der Waals surface area contributed by atoms with Crippen LogP contribution in [-0.4, -0.2) is 64.7 Å². The molecule has 1 fully saturated rings. The maximum atomic E-state index is 12.9. The van der Waals surface area contributed by atoms with Crippen molar-refractivity contribution in [2.24, 2.45) is 0 Å². The summed E-state index contributed by atoms with van der Waals surface area (Å²) in [5.74, 6) is -0.167. The lowest BCUT2D eigenvalue weighted by Gasteiger charge is -2.20. The number of thiazole rings is 1. The van der Waals surface area contributed by atoms with Gasteiger partial charge in [-0.05, 0) is 6.42 Å². The molecule has 2 aromatic heterocycles. The molecular weight excluding hydrogens is 398 g/mol. The molecule has 3 heterocycles. The van der Waals surface area contributed by atoms with Gasteiger partial charge >= 0.3 is 0 Å². The van der Waals surface area contributed by atoms with E-state index in [0.717, 1.165) is 10.6 Å². The van der Waals surface area contributed by atoms with Crippen LogP contribution in [0.3, 0.4) is 0 Å². The Morgan fingerprint density at radius 2 is 1.93 bits per heavy atom. The van der Waals surface area contributed by atoms with Gasteiger partial charge in [0.25, 0.3) is 15.9 Å². The van der Waals surface area contributed by atoms with E-state index in [9.17, 15) is 13.2 Å². The van der Waals surface area contributed by atoms with Gasteiger partial charge < -0.3 is 9.88 Å². The molecule has 146 valence electrons. The molecule has 0 saturated carbocycles. The molecule has 1 aliphatic heterocycles. The first-order valence-corrected chi connectivity index (χ1v) is 11.2. The predicted octanol–water partition coefficient (Wildman–Crippen LogP) is 2.07. The quantitative estimate of drug-likeness (QED) is 0.701. The number of nitrogens with zero attached hydrogens (tertiary/aromatic N) is 4. The standard InChI is InChI=1S/C18H19N5O3S2/c24-18(15-12-27-17(21-15)14-5-2-1-3-6-14)22-7-4-8-23(10-9-22)28(25,26)16-11-19-13-20-16/h1-3,5-6,11-13H,4,7-10H2,(H,19,20). The minimum absolute atomic E-state index is 0.0688. The van der Waals surface area contributed by atoms with Crippen LogP contribution < -0.4 is 0 Å². The third-order valence-electron chi connectivity index (χ3n) is 4.58. The molecule has 3 aromatic rings. The number of carbonyl (C=O) groups is 1. The van der Waals surface area contributed by atoms with Crippen LogP contribution in [0, 0.1) is 0 Å². The van der Waals surface area contributed by atoms with Gasteiger partial charge in [-0.1, -0.05) is 30.3 Å². The van der Waals surface area contributed by atoms with Crippen molar-refractivity contribution in [3.05, 3.63) is 53.9 Å². The fourth-order valence-electron chi connectivity index (χ4n) is 3.11. The predicted molar refractivity (Wildman–Crippen MR) is 105 cm³/mol. The molecule has 0 bridgehead atoms. The number of sulfonamides is 1. The lowest BCUT2D eigenvalue weighted by molar-refractivity contribution is 0.0759. The van der Waals surface area contributed by atoms with Gasteiger partial charge in [-0.25, -0.2) is 18.4 Å². The van der Waals surface area contributed by atoms with Crippen molar-refractivity contribution in [1.29, 1.82) is 0 Å². The van der Waals surface area contributed by atoms with E-state index in [2.05, 4.69) is 15.0 Å². The smallest absolute Gasteiger partial charge is 0.273 e. The first-order valence-electron chi connectivity index (χ1n) is 8.84. The molecule has 1 aliphatic rings. The SMILES string of the molecule is O=C(c1csc(-c2ccccc2)n1)N1CCCN(S(=O)(=O)c2cnc[nH]2)CC1. The maximum absolute atomic E-state index is 12.9. The number of amides is 1. The number of rotatable bonds is 4. The third-order valence-corrected chi connectivity index (χ3v) is 7.29. The molecule has 0 unspecified atom stereocenters. The van der Waals surface area contributed by atoms with Gasteiger partial charge in [0.15, 0.2) is 5.03 Å². The Morgan fingerprint density at radius 1 is 1.11 bits per heavy atom. The second-order valence-corrected chi connectivity index (χ2v) is 9.13. The number of imidazole rings is 1. The molecule has 0 spiro atoms. The number of aromatic amines is 1. The zero-order valence-corrected chi connectivity index (χ0v) is 16.6. The van der Waals surface area contributed by atoms with Crippen LogP contribution in [0.15, 0.2) is 53.3 Å². The summed E-state index contributed by atoms with van der Waals surface area (Å²) >= 11 is 1.43. The van der Waals surface area contributed by atoms with Crippen LogP contribution in [0.2, 0.25) is 0 Å². The van der Waals surface area contributed by atoms with Crippen molar-refractivity contribution < 1.29 is 13.2 Å². The minimum atomic E-state index is -3.62. The van der Waals surface area contributed by atoms with Crippen molar-refractivity contribution in [2.75, 3.05) is 26.2 Å². The number of aromatic nitrogens is 3. The number of carbonyl (C=O) groups excluding carboxylic acids is 1. The number of H-pyrrole nitrogens is 1. The molecule has 10 heteroatoms. The van der Waals surface area contributed by atoms with Crippen molar-refractivity contribution >= 4 is 27.3 Å². The van der Waals surface area contributed by atoms with Crippen LogP contribution in [-0.2, 0) is 10.0 Å². The Labute approximate surface area is 166 Å². The van der Waals surface area contributed by atoms with Gasteiger partial charge in [0.1, 0.15) is 10.7 Å². The summed E-state index contributed by atoms with van der Waals surface area (Å²) in [5, 5.41) is 2.62. The number of benzene rings is 1. The first kappa shape index (κ1) is 18.8. The Kier molecular flexibility index (Phi) is 5.25. The summed E-state index contributed by atoms with van der Waals surface area (Å²) in [6.07, 6.45) is 3.20. The highest BCUT2D eigenvalue weighted by Crippen LogP contribution is 2.24. The van der Waals surface area contributed by atoms with E-state index in [4.69, 9.17) is 0 Å². The van der Waals surface area contributed by atoms with Gasteiger partial charge in [-0.3, -0.25) is 4.79 Å². The summed E-state index contributed by atoms with van der Waals surface area (Å²) in [7, 11) is -3.62. The van der Waals surface area contributed by atoms with E-state index in [1.54, 1.807) is 10.3 Å². The van der Waals surface area contributed by atoms with Crippen molar-refractivity contribution in [2.45, 2.75) is 11.4 Å². The highest BCUT2D eigenvalue weighted by molar-refractivity contribution is 7.89. The van der Waals surface area contributed by atoms with E-state index >= 15 is 0 Å². The topological polar surface area (TPSA) is 99.3 Å². The Hall–Kier alpha value is -2.56. The summed E-state index contributed by atoms with van der Waals surface area (Å²) < 4.78 is 26.7. The van der Waals surface area contributed by atoms with Gasteiger partial charge in [-0.15, -0.1) is 11.3 Å². The molecule has 0 aliphatic carbocycles. The third kappa shape index (κ3) is 3.71. The zero-order chi connectivity index (χ0) is 19.6. The summed E-state index contributed by atoms with van der Waals surface area (Å²) in [5.41, 5.74) is 1.37. The maximum Gasteiger partial charge on any atom is 0.273 e. The normalized spacial score (nSPS) is 16.1. The Balaban J connectivity index is 1.46. The molecule has 0 atom stereocenters. The lowest BCUT2D eigenvalue weighted by Crippen LogP contribution is -2.37. The number of nitrogens with one attached hydrogen (secondary N) is 1. The van der Waals surface area contributed by atoms with E-state index in [1.807, 2.05) is 30.3 Å². The number of hydrogen-bond acceptors (Lipinski definition) is 6. The van der Waals surface area contributed by atoms with Crippen LogP contribution in [0.4, 0.5) is 0 Å². The Morgan fingerprint density at radius 3 is 2.68 bits per heavy atom. The molecular formula is C18H19N5O3S2. The van der Waals surface area contributed by atoms with E-state index < -0.39 is 10.0 Å². The second-order valence-electron chi connectivity index (χ2n) is 6.37. The summed E-state index contributed by atoms with van der Waals surface area (Å²) in [6, 6.07) is 9.71. The molecule has 1 amide bonds. The average Bonchev–Trinajstić information content (AvgIpc) is 3.36. The van der Waals surface area contributed by atoms with E-state index in [-0.39, 0.29) is 17.5 Å². The first-order chi connectivity index (χ1) is 13.6. The fourth-order valence-corrected chi connectivity index (χ4v) is 5.27. The fraction of sp³-hybridized carbons (Fsp3) is 0.278. The molecule has 1 N–H and O–H groups in total. The van der Waals surface area contributed by atoms with E-state index in [1.165, 1.54) is 28.2 Å². The largest absolute Gasteiger partial charge is 0.336 e. The lowest BCUT2D eigenvalue weighted by atomic mass is 10.2. The second kappa shape index (κ2) is 7.82. The highest BCUT2D eigenvalue weighted by atomic mass is 32.2.